The third-order valence-corrected chi connectivity index (χ3v) is 2.08. The highest BCUT2D eigenvalue weighted by Gasteiger charge is 2.15. The van der Waals surface area contributed by atoms with E-state index in [2.05, 4.69) is 20.4 Å². The van der Waals surface area contributed by atoms with Crippen molar-refractivity contribution in [3.8, 4) is 11.3 Å². The summed E-state index contributed by atoms with van der Waals surface area (Å²) >= 11 is 0. The van der Waals surface area contributed by atoms with Crippen molar-refractivity contribution in [1.82, 2.24) is 20.4 Å². The Morgan fingerprint density at radius 2 is 2.27 bits per heavy atom. The van der Waals surface area contributed by atoms with E-state index in [1.807, 2.05) is 0 Å². The monoisotopic (exact) mass is 204 g/mol. The highest BCUT2D eigenvalue weighted by atomic mass is 16.4. The predicted octanol–water partition coefficient (Wildman–Crippen LogP) is 0.873. The highest BCUT2D eigenvalue weighted by molar-refractivity contribution is 5.89. The molecule has 0 aliphatic rings. The van der Waals surface area contributed by atoms with E-state index in [9.17, 15) is 4.79 Å². The van der Waals surface area contributed by atoms with Crippen LogP contribution in [0.4, 0.5) is 0 Å². The third kappa shape index (κ3) is 1.56. The fourth-order valence-corrected chi connectivity index (χ4v) is 1.32. The summed E-state index contributed by atoms with van der Waals surface area (Å²) in [4.78, 5) is 10.8. The number of H-pyrrole nitrogens is 1. The molecule has 76 valence electrons. The first-order valence-corrected chi connectivity index (χ1v) is 4.25. The average Bonchev–Trinajstić information content (AvgIpc) is 2.61. The largest absolute Gasteiger partial charge is 0.477 e. The van der Waals surface area contributed by atoms with Crippen LogP contribution in [0.2, 0.25) is 0 Å². The summed E-state index contributed by atoms with van der Waals surface area (Å²) in [5, 5.41) is 22.6. The molecule has 6 nitrogen and oxygen atoms in total. The van der Waals surface area contributed by atoms with Crippen molar-refractivity contribution in [3.63, 3.8) is 0 Å². The van der Waals surface area contributed by atoms with E-state index in [4.69, 9.17) is 5.11 Å². The van der Waals surface area contributed by atoms with Crippen LogP contribution >= 0.6 is 0 Å². The van der Waals surface area contributed by atoms with Crippen LogP contribution in [-0.4, -0.2) is 31.5 Å². The predicted molar refractivity (Wildman–Crippen MR) is 51.3 cm³/mol. The molecule has 0 aliphatic carbocycles. The van der Waals surface area contributed by atoms with Crippen LogP contribution in [0.5, 0.6) is 0 Å². The first kappa shape index (κ1) is 9.32. The van der Waals surface area contributed by atoms with E-state index in [-0.39, 0.29) is 5.69 Å². The summed E-state index contributed by atoms with van der Waals surface area (Å²) in [5.41, 5.74) is 2.02. The van der Waals surface area contributed by atoms with Crippen molar-refractivity contribution in [3.05, 3.63) is 29.7 Å². The topological polar surface area (TPSA) is 91.8 Å². The summed E-state index contributed by atoms with van der Waals surface area (Å²) in [7, 11) is 0. The molecule has 2 rings (SSSR count). The molecule has 0 saturated heterocycles. The van der Waals surface area contributed by atoms with Gasteiger partial charge in [0.25, 0.3) is 0 Å². The van der Waals surface area contributed by atoms with Crippen LogP contribution in [0.3, 0.4) is 0 Å². The van der Waals surface area contributed by atoms with Gasteiger partial charge in [0, 0.05) is 11.1 Å². The maximum atomic E-state index is 10.8. The minimum atomic E-state index is -1.02. The second kappa shape index (κ2) is 3.49. The lowest BCUT2D eigenvalue weighted by Gasteiger charge is -1.95. The molecule has 2 aromatic heterocycles. The van der Waals surface area contributed by atoms with E-state index in [0.717, 1.165) is 5.56 Å². The molecule has 0 aliphatic heterocycles. The lowest BCUT2D eigenvalue weighted by atomic mass is 10.1. The molecule has 0 aromatic carbocycles. The van der Waals surface area contributed by atoms with Crippen molar-refractivity contribution in [2.75, 3.05) is 0 Å². The van der Waals surface area contributed by atoms with E-state index >= 15 is 0 Å². The van der Waals surface area contributed by atoms with Gasteiger partial charge in [0.2, 0.25) is 0 Å². The van der Waals surface area contributed by atoms with Gasteiger partial charge in [-0.3, -0.25) is 5.10 Å². The fourth-order valence-electron chi connectivity index (χ4n) is 1.32. The number of carboxylic acid groups (broad SMARTS) is 1. The number of hydrogen-bond acceptors (Lipinski definition) is 4. The number of rotatable bonds is 2. The maximum absolute atomic E-state index is 10.8. The molecule has 2 heterocycles. The van der Waals surface area contributed by atoms with E-state index in [0.29, 0.717) is 11.3 Å². The Morgan fingerprint density at radius 3 is 2.80 bits per heavy atom. The van der Waals surface area contributed by atoms with Gasteiger partial charge in [-0.25, -0.2) is 4.79 Å². The first-order valence-electron chi connectivity index (χ1n) is 4.25. The Hall–Kier alpha value is -2.24. The standard InChI is InChI=1S/C9H8N4O2/c1-5-7(6-2-3-10-11-4-6)12-13-8(5)9(14)15/h2-4H,1H3,(H,12,13)(H,14,15). The van der Waals surface area contributed by atoms with Gasteiger partial charge in [-0.1, -0.05) is 0 Å². The number of hydrogen-bond donors (Lipinski definition) is 2. The van der Waals surface area contributed by atoms with Crippen molar-refractivity contribution >= 4 is 5.97 Å². The van der Waals surface area contributed by atoms with Gasteiger partial charge in [0.15, 0.2) is 0 Å². The Morgan fingerprint density at radius 1 is 1.47 bits per heavy atom. The quantitative estimate of drug-likeness (QED) is 0.757. The smallest absolute Gasteiger partial charge is 0.354 e. The minimum absolute atomic E-state index is 0.0989. The number of carbonyl (C=O) groups is 1. The van der Waals surface area contributed by atoms with Crippen molar-refractivity contribution < 1.29 is 9.90 Å². The summed E-state index contributed by atoms with van der Waals surface area (Å²) in [5.74, 6) is -1.02. The number of carboxylic acids is 1. The zero-order valence-electron chi connectivity index (χ0n) is 7.93. The Labute approximate surface area is 85.0 Å². The summed E-state index contributed by atoms with van der Waals surface area (Å²) in [6.45, 7) is 1.70. The van der Waals surface area contributed by atoms with Crippen molar-refractivity contribution in [2.45, 2.75) is 6.92 Å². The van der Waals surface area contributed by atoms with Crippen molar-refractivity contribution in [1.29, 1.82) is 0 Å². The SMILES string of the molecule is Cc1c(-c2ccnnc2)n[nH]c1C(=O)O. The molecule has 2 N–H and O–H groups in total. The van der Waals surface area contributed by atoms with Crippen LogP contribution < -0.4 is 0 Å². The molecule has 0 atom stereocenters. The van der Waals surface area contributed by atoms with Gasteiger partial charge >= 0.3 is 5.97 Å². The van der Waals surface area contributed by atoms with Gasteiger partial charge in [-0.2, -0.15) is 15.3 Å². The number of aromatic carboxylic acids is 1. The minimum Gasteiger partial charge on any atom is -0.477 e. The zero-order chi connectivity index (χ0) is 10.8. The molecule has 0 saturated carbocycles. The van der Waals surface area contributed by atoms with E-state index in [1.54, 1.807) is 13.0 Å². The Kier molecular flexibility index (Phi) is 2.17. The molecular weight excluding hydrogens is 196 g/mol. The van der Waals surface area contributed by atoms with Gasteiger partial charge in [0.05, 0.1) is 18.1 Å². The molecule has 0 radical (unpaired) electrons. The van der Waals surface area contributed by atoms with Crippen LogP contribution in [0.15, 0.2) is 18.5 Å². The van der Waals surface area contributed by atoms with Crippen molar-refractivity contribution in [2.24, 2.45) is 0 Å². The molecule has 0 bridgehead atoms. The van der Waals surface area contributed by atoms with Gasteiger partial charge in [0.1, 0.15) is 5.69 Å². The van der Waals surface area contributed by atoms with Crippen LogP contribution in [0.25, 0.3) is 11.3 Å². The van der Waals surface area contributed by atoms with E-state index in [1.165, 1.54) is 12.4 Å². The molecule has 0 amide bonds. The van der Waals surface area contributed by atoms with Crippen LogP contribution in [-0.2, 0) is 0 Å². The Bertz CT molecular complexity index is 492. The highest BCUT2D eigenvalue weighted by Crippen LogP contribution is 2.21. The van der Waals surface area contributed by atoms with Gasteiger partial charge in [-0.15, -0.1) is 0 Å². The second-order valence-corrected chi connectivity index (χ2v) is 3.01. The molecule has 0 fully saturated rings. The van der Waals surface area contributed by atoms with Gasteiger partial charge in [-0.05, 0) is 13.0 Å². The average molecular weight is 204 g/mol. The number of nitrogens with one attached hydrogen (secondary N) is 1. The number of aromatic nitrogens is 4. The Balaban J connectivity index is 2.52. The molecule has 15 heavy (non-hydrogen) atoms. The molecular formula is C9H8N4O2. The van der Waals surface area contributed by atoms with Crippen LogP contribution in [0.1, 0.15) is 16.1 Å². The summed E-state index contributed by atoms with van der Waals surface area (Å²) in [6, 6.07) is 1.72. The molecule has 2 aromatic rings. The second-order valence-electron chi connectivity index (χ2n) is 3.01. The van der Waals surface area contributed by atoms with Crippen LogP contribution in [0, 0.1) is 6.92 Å². The third-order valence-electron chi connectivity index (χ3n) is 2.08. The number of aromatic amines is 1. The van der Waals surface area contributed by atoms with E-state index < -0.39 is 5.97 Å². The zero-order valence-corrected chi connectivity index (χ0v) is 7.93. The normalized spacial score (nSPS) is 10.2. The summed E-state index contributed by atoms with van der Waals surface area (Å²) < 4.78 is 0. The molecule has 0 unspecified atom stereocenters. The maximum Gasteiger partial charge on any atom is 0.354 e. The molecule has 0 spiro atoms. The molecule has 6 heteroatoms. The van der Waals surface area contributed by atoms with Gasteiger partial charge < -0.3 is 5.11 Å². The number of nitrogens with zero attached hydrogens (tertiary/aromatic N) is 3. The lowest BCUT2D eigenvalue weighted by molar-refractivity contribution is 0.0689. The summed E-state index contributed by atoms with van der Waals surface area (Å²) in [6.07, 6.45) is 3.07. The lowest BCUT2D eigenvalue weighted by Crippen LogP contribution is -1.98. The fraction of sp³-hybridized carbons (Fsp3) is 0.111. The first-order chi connectivity index (χ1) is 7.20.